The van der Waals surface area contributed by atoms with Gasteiger partial charge in [-0.25, -0.2) is 9.18 Å². The molecular weight excluding hydrogens is 289 g/mol. The molecule has 0 fully saturated rings. The summed E-state index contributed by atoms with van der Waals surface area (Å²) in [5.41, 5.74) is 0.295. The van der Waals surface area contributed by atoms with E-state index in [-0.39, 0.29) is 12.2 Å². The molecule has 2 rings (SSSR count). The summed E-state index contributed by atoms with van der Waals surface area (Å²) < 4.78 is 24.9. The molecule has 5 nitrogen and oxygen atoms in total. The SMILES string of the molecule is CC(OC(=O)NC(C)(C)C)C1OCC(O)c2cccc(F)c21. The van der Waals surface area contributed by atoms with Gasteiger partial charge < -0.3 is 19.9 Å². The molecule has 0 aliphatic carbocycles. The number of nitrogens with one attached hydrogen (secondary N) is 1. The van der Waals surface area contributed by atoms with Gasteiger partial charge in [0, 0.05) is 11.1 Å². The first-order valence-corrected chi connectivity index (χ1v) is 7.26. The Morgan fingerprint density at radius 2 is 2.18 bits per heavy atom. The van der Waals surface area contributed by atoms with E-state index in [9.17, 15) is 14.3 Å². The minimum absolute atomic E-state index is 0.0374. The van der Waals surface area contributed by atoms with Crippen molar-refractivity contribution in [1.82, 2.24) is 5.32 Å². The first kappa shape index (κ1) is 16.7. The molecule has 1 amide bonds. The van der Waals surface area contributed by atoms with E-state index in [0.29, 0.717) is 5.56 Å². The lowest BCUT2D eigenvalue weighted by atomic mass is 9.93. The van der Waals surface area contributed by atoms with Crippen molar-refractivity contribution in [3.05, 3.63) is 35.1 Å². The molecule has 0 bridgehead atoms. The van der Waals surface area contributed by atoms with Crippen LogP contribution in [0, 0.1) is 5.82 Å². The molecule has 1 aliphatic heterocycles. The van der Waals surface area contributed by atoms with Crippen molar-refractivity contribution >= 4 is 6.09 Å². The Bertz CT molecular complexity index is 556. The van der Waals surface area contributed by atoms with E-state index in [2.05, 4.69) is 5.32 Å². The quantitative estimate of drug-likeness (QED) is 0.881. The fourth-order valence-electron chi connectivity index (χ4n) is 2.45. The summed E-state index contributed by atoms with van der Waals surface area (Å²) in [4.78, 5) is 11.8. The Kier molecular flexibility index (Phi) is 4.72. The third kappa shape index (κ3) is 3.75. The Morgan fingerprint density at radius 1 is 1.50 bits per heavy atom. The Labute approximate surface area is 129 Å². The molecule has 0 spiro atoms. The van der Waals surface area contributed by atoms with Gasteiger partial charge in [0.05, 0.1) is 6.61 Å². The molecular formula is C16H22FNO4. The molecule has 3 unspecified atom stereocenters. The molecule has 1 aromatic rings. The van der Waals surface area contributed by atoms with Gasteiger partial charge in [0.1, 0.15) is 24.1 Å². The van der Waals surface area contributed by atoms with Gasteiger partial charge in [-0.3, -0.25) is 0 Å². The standard InChI is InChI=1S/C16H22FNO4/c1-9(22-15(20)18-16(2,3)4)14-13-10(12(19)8-21-14)6-5-7-11(13)17/h5-7,9,12,14,19H,8H2,1-4H3,(H,18,20). The van der Waals surface area contributed by atoms with E-state index >= 15 is 0 Å². The van der Waals surface area contributed by atoms with Crippen LogP contribution in [0.2, 0.25) is 0 Å². The van der Waals surface area contributed by atoms with Crippen molar-refractivity contribution in [3.63, 3.8) is 0 Å². The number of benzene rings is 1. The molecule has 0 aromatic heterocycles. The second kappa shape index (κ2) is 6.22. The van der Waals surface area contributed by atoms with E-state index in [1.165, 1.54) is 12.1 Å². The van der Waals surface area contributed by atoms with Crippen molar-refractivity contribution in [2.75, 3.05) is 6.61 Å². The Balaban J connectivity index is 2.17. The predicted octanol–water partition coefficient (Wildman–Crippen LogP) is 2.84. The topological polar surface area (TPSA) is 67.8 Å². The van der Waals surface area contributed by atoms with Crippen molar-refractivity contribution in [3.8, 4) is 0 Å². The highest BCUT2D eigenvalue weighted by Crippen LogP contribution is 2.37. The molecule has 0 saturated heterocycles. The van der Waals surface area contributed by atoms with Gasteiger partial charge in [-0.2, -0.15) is 0 Å². The summed E-state index contributed by atoms with van der Waals surface area (Å²) in [7, 11) is 0. The average Bonchev–Trinajstić information content (AvgIpc) is 2.37. The highest BCUT2D eigenvalue weighted by Gasteiger charge is 2.35. The van der Waals surface area contributed by atoms with Crippen LogP contribution in [0.1, 0.15) is 51.0 Å². The minimum atomic E-state index is -0.877. The number of carbonyl (C=O) groups excluding carboxylic acids is 1. The minimum Gasteiger partial charge on any atom is -0.443 e. The van der Waals surface area contributed by atoms with Crippen LogP contribution in [-0.4, -0.2) is 29.4 Å². The lowest BCUT2D eigenvalue weighted by molar-refractivity contribution is -0.0838. The summed E-state index contributed by atoms with van der Waals surface area (Å²) >= 11 is 0. The van der Waals surface area contributed by atoms with Crippen LogP contribution < -0.4 is 5.32 Å². The van der Waals surface area contributed by atoms with E-state index < -0.39 is 35.8 Å². The lowest BCUT2D eigenvalue weighted by Crippen LogP contribution is -2.43. The first-order valence-electron chi connectivity index (χ1n) is 7.26. The molecule has 3 atom stereocenters. The van der Waals surface area contributed by atoms with Gasteiger partial charge in [-0.15, -0.1) is 0 Å². The molecule has 122 valence electrons. The van der Waals surface area contributed by atoms with Crippen molar-refractivity contribution in [2.45, 2.75) is 51.5 Å². The van der Waals surface area contributed by atoms with Crippen molar-refractivity contribution in [1.29, 1.82) is 0 Å². The lowest BCUT2D eigenvalue weighted by Gasteiger charge is -2.33. The van der Waals surface area contributed by atoms with Crippen LogP contribution in [0.25, 0.3) is 0 Å². The number of fused-ring (bicyclic) bond motifs is 1. The molecule has 22 heavy (non-hydrogen) atoms. The fraction of sp³-hybridized carbons (Fsp3) is 0.562. The maximum atomic E-state index is 14.1. The van der Waals surface area contributed by atoms with Crippen molar-refractivity contribution in [2.24, 2.45) is 0 Å². The molecule has 6 heteroatoms. The number of carbonyl (C=O) groups is 1. The van der Waals surface area contributed by atoms with Crippen LogP contribution in [0.5, 0.6) is 0 Å². The maximum absolute atomic E-state index is 14.1. The summed E-state index contributed by atoms with van der Waals surface area (Å²) in [6, 6.07) is 4.49. The van der Waals surface area contributed by atoms with E-state index in [1.54, 1.807) is 13.0 Å². The number of halogens is 1. The van der Waals surface area contributed by atoms with E-state index in [4.69, 9.17) is 9.47 Å². The van der Waals surface area contributed by atoms with Crippen LogP contribution in [0.15, 0.2) is 18.2 Å². The largest absolute Gasteiger partial charge is 0.443 e. The molecule has 1 aliphatic rings. The van der Waals surface area contributed by atoms with Crippen LogP contribution in [0.4, 0.5) is 9.18 Å². The highest BCUT2D eigenvalue weighted by molar-refractivity contribution is 5.68. The summed E-state index contributed by atoms with van der Waals surface area (Å²) in [5.74, 6) is -0.479. The molecule has 1 aromatic carbocycles. The van der Waals surface area contributed by atoms with E-state index in [0.717, 1.165) is 0 Å². The Hall–Kier alpha value is -1.66. The Morgan fingerprint density at radius 3 is 2.82 bits per heavy atom. The van der Waals surface area contributed by atoms with Gasteiger partial charge in [-0.1, -0.05) is 12.1 Å². The first-order chi connectivity index (χ1) is 10.2. The van der Waals surface area contributed by atoms with Gasteiger partial charge >= 0.3 is 6.09 Å². The third-order valence-corrected chi connectivity index (χ3v) is 3.36. The number of ether oxygens (including phenoxy) is 2. The van der Waals surface area contributed by atoms with Crippen molar-refractivity contribution < 1.29 is 23.8 Å². The number of alkyl carbamates (subject to hydrolysis) is 1. The molecule has 0 saturated carbocycles. The number of aliphatic hydroxyl groups excluding tert-OH is 1. The summed E-state index contributed by atoms with van der Waals surface area (Å²) in [6.07, 6.45) is -2.90. The average molecular weight is 311 g/mol. The predicted molar refractivity (Wildman–Crippen MR) is 78.9 cm³/mol. The number of amides is 1. The second-order valence-corrected chi connectivity index (χ2v) is 6.50. The molecule has 2 N–H and O–H groups in total. The highest BCUT2D eigenvalue weighted by atomic mass is 19.1. The number of aliphatic hydroxyl groups is 1. The zero-order valence-electron chi connectivity index (χ0n) is 13.2. The van der Waals surface area contributed by atoms with E-state index in [1.807, 2.05) is 20.8 Å². The number of hydrogen-bond acceptors (Lipinski definition) is 4. The summed E-state index contributed by atoms with van der Waals surface area (Å²) in [5, 5.41) is 12.6. The smallest absolute Gasteiger partial charge is 0.407 e. The van der Waals surface area contributed by atoms with Gasteiger partial charge in [0.25, 0.3) is 0 Å². The monoisotopic (exact) mass is 311 g/mol. The number of rotatable bonds is 2. The zero-order chi connectivity index (χ0) is 16.5. The third-order valence-electron chi connectivity index (χ3n) is 3.36. The molecule has 1 heterocycles. The van der Waals surface area contributed by atoms with Gasteiger partial charge in [-0.05, 0) is 39.3 Å². The fourth-order valence-corrected chi connectivity index (χ4v) is 2.45. The normalized spacial score (nSPS) is 22.6. The zero-order valence-corrected chi connectivity index (χ0v) is 13.2. The maximum Gasteiger partial charge on any atom is 0.407 e. The van der Waals surface area contributed by atoms with Crippen LogP contribution in [0.3, 0.4) is 0 Å². The van der Waals surface area contributed by atoms with Gasteiger partial charge in [0.2, 0.25) is 0 Å². The molecule has 0 radical (unpaired) electrons. The van der Waals surface area contributed by atoms with Crippen LogP contribution >= 0.6 is 0 Å². The van der Waals surface area contributed by atoms with Gasteiger partial charge in [0.15, 0.2) is 0 Å². The van der Waals surface area contributed by atoms with Crippen LogP contribution in [-0.2, 0) is 9.47 Å². The second-order valence-electron chi connectivity index (χ2n) is 6.50. The summed E-state index contributed by atoms with van der Waals surface area (Å²) in [6.45, 7) is 7.18. The number of hydrogen-bond donors (Lipinski definition) is 2.